The minimum Gasteiger partial charge on any atom is -0.304 e. The van der Waals surface area contributed by atoms with Gasteiger partial charge in [0, 0.05) is 18.1 Å². The number of fused-ring (bicyclic) bond motifs is 1. The van der Waals surface area contributed by atoms with Gasteiger partial charge in [0.05, 0.1) is 0 Å². The average Bonchev–Trinajstić information content (AvgIpc) is 2.45. The van der Waals surface area contributed by atoms with Gasteiger partial charge in [-0.1, -0.05) is 20.8 Å². The van der Waals surface area contributed by atoms with E-state index in [-0.39, 0.29) is 5.41 Å². The second-order valence-corrected chi connectivity index (χ2v) is 5.25. The highest BCUT2D eigenvalue weighted by Gasteiger charge is 2.17. The van der Waals surface area contributed by atoms with E-state index in [1.807, 2.05) is 6.20 Å². The smallest absolute Gasteiger partial charge is 0.137 e. The van der Waals surface area contributed by atoms with Gasteiger partial charge in [0.15, 0.2) is 0 Å². The fourth-order valence-electron chi connectivity index (χ4n) is 2.05. The number of rotatable bonds is 0. The highest BCUT2D eigenvalue weighted by molar-refractivity contribution is 5.48. The molecule has 0 unspecified atom stereocenters. The van der Waals surface area contributed by atoms with Gasteiger partial charge in [0.1, 0.15) is 5.65 Å². The summed E-state index contributed by atoms with van der Waals surface area (Å²) in [6.45, 7) is 11.0. The molecule has 2 aromatic rings. The third-order valence-electron chi connectivity index (χ3n) is 2.84. The molecule has 0 bridgehead atoms. The van der Waals surface area contributed by atoms with Crippen LogP contribution >= 0.6 is 0 Å². The summed E-state index contributed by atoms with van der Waals surface area (Å²) in [5.41, 5.74) is 5.12. The third kappa shape index (κ3) is 1.65. The van der Waals surface area contributed by atoms with Crippen LogP contribution in [0.2, 0.25) is 0 Å². The molecule has 2 aromatic heterocycles. The Kier molecular flexibility index (Phi) is 2.10. The second kappa shape index (κ2) is 3.09. The molecule has 0 aliphatic carbocycles. The van der Waals surface area contributed by atoms with Crippen molar-refractivity contribution < 1.29 is 0 Å². The second-order valence-electron chi connectivity index (χ2n) is 5.25. The summed E-state index contributed by atoms with van der Waals surface area (Å²) in [7, 11) is 0. The van der Waals surface area contributed by atoms with Gasteiger partial charge in [0.2, 0.25) is 0 Å². The third-order valence-corrected chi connectivity index (χ3v) is 2.84. The first-order valence-electron chi connectivity index (χ1n) is 5.34. The first-order chi connectivity index (χ1) is 6.89. The maximum atomic E-state index is 4.40. The van der Waals surface area contributed by atoms with Crippen LogP contribution in [-0.2, 0) is 5.41 Å². The molecule has 2 nitrogen and oxygen atoms in total. The van der Waals surface area contributed by atoms with Crippen molar-refractivity contribution in [1.29, 1.82) is 0 Å². The Hall–Kier alpha value is -1.31. The minimum atomic E-state index is 0.186. The molecule has 15 heavy (non-hydrogen) atoms. The van der Waals surface area contributed by atoms with E-state index in [2.05, 4.69) is 56.3 Å². The molecular weight excluding hydrogens is 184 g/mol. The molecule has 0 fully saturated rings. The molecule has 0 aliphatic heterocycles. The van der Waals surface area contributed by atoms with Crippen molar-refractivity contribution in [3.8, 4) is 0 Å². The summed E-state index contributed by atoms with van der Waals surface area (Å²) in [5, 5.41) is 0. The Balaban J connectivity index is 2.74. The van der Waals surface area contributed by atoms with Crippen molar-refractivity contribution >= 4 is 5.65 Å². The fourth-order valence-corrected chi connectivity index (χ4v) is 2.05. The molecule has 0 saturated heterocycles. The van der Waals surface area contributed by atoms with Crippen LogP contribution in [0, 0.1) is 13.8 Å². The molecule has 0 aromatic carbocycles. The van der Waals surface area contributed by atoms with Gasteiger partial charge < -0.3 is 4.40 Å². The maximum Gasteiger partial charge on any atom is 0.137 e. The number of hydrogen-bond acceptors (Lipinski definition) is 1. The van der Waals surface area contributed by atoms with Crippen molar-refractivity contribution in [1.82, 2.24) is 9.38 Å². The quantitative estimate of drug-likeness (QED) is 0.641. The standard InChI is InChI=1S/C13H18N2/c1-9-8-15-10(2)7-14-12(15)6-11(9)13(3,4)5/h6-8H,1-5H3. The zero-order chi connectivity index (χ0) is 11.2. The number of imidazole rings is 1. The van der Waals surface area contributed by atoms with Crippen LogP contribution in [0.3, 0.4) is 0 Å². The van der Waals surface area contributed by atoms with Crippen LogP contribution in [0.5, 0.6) is 0 Å². The van der Waals surface area contributed by atoms with E-state index >= 15 is 0 Å². The zero-order valence-corrected chi connectivity index (χ0v) is 10.1. The Morgan fingerprint density at radius 3 is 2.47 bits per heavy atom. The minimum absolute atomic E-state index is 0.186. The van der Waals surface area contributed by atoms with Gasteiger partial charge >= 0.3 is 0 Å². The normalized spacial score (nSPS) is 12.3. The molecule has 0 amide bonds. The Bertz CT molecular complexity index is 501. The van der Waals surface area contributed by atoms with Crippen LogP contribution in [0.1, 0.15) is 37.6 Å². The van der Waals surface area contributed by atoms with Gasteiger partial charge in [-0.05, 0) is 36.5 Å². The molecule has 2 heteroatoms. The summed E-state index contributed by atoms with van der Waals surface area (Å²) in [5.74, 6) is 0. The number of aromatic nitrogens is 2. The lowest BCUT2D eigenvalue weighted by Crippen LogP contribution is -2.13. The molecule has 0 aliphatic rings. The van der Waals surface area contributed by atoms with Gasteiger partial charge in [-0.2, -0.15) is 0 Å². The molecule has 0 N–H and O–H groups in total. The molecule has 2 heterocycles. The Morgan fingerprint density at radius 1 is 1.20 bits per heavy atom. The van der Waals surface area contributed by atoms with E-state index in [1.165, 1.54) is 16.8 Å². The summed E-state index contributed by atoms with van der Waals surface area (Å²) in [6.07, 6.45) is 4.10. The Labute approximate surface area is 91.0 Å². The number of pyridine rings is 1. The maximum absolute atomic E-state index is 4.40. The molecule has 0 saturated carbocycles. The van der Waals surface area contributed by atoms with Crippen molar-refractivity contribution in [2.45, 2.75) is 40.0 Å². The van der Waals surface area contributed by atoms with E-state index in [1.54, 1.807) is 0 Å². The van der Waals surface area contributed by atoms with Crippen molar-refractivity contribution in [3.63, 3.8) is 0 Å². The average molecular weight is 202 g/mol. The summed E-state index contributed by atoms with van der Waals surface area (Å²) >= 11 is 0. The highest BCUT2D eigenvalue weighted by atomic mass is 15.0. The van der Waals surface area contributed by atoms with Gasteiger partial charge in [-0.3, -0.25) is 0 Å². The van der Waals surface area contributed by atoms with Gasteiger partial charge in [-0.25, -0.2) is 4.98 Å². The largest absolute Gasteiger partial charge is 0.304 e. The highest BCUT2D eigenvalue weighted by Crippen LogP contribution is 2.26. The van der Waals surface area contributed by atoms with Crippen molar-refractivity contribution in [2.24, 2.45) is 0 Å². The molecule has 0 radical (unpaired) electrons. The van der Waals surface area contributed by atoms with Crippen LogP contribution in [0.15, 0.2) is 18.5 Å². The lowest BCUT2D eigenvalue weighted by atomic mass is 9.85. The lowest BCUT2D eigenvalue weighted by molar-refractivity contribution is 0.585. The predicted molar refractivity (Wildman–Crippen MR) is 63.4 cm³/mol. The van der Waals surface area contributed by atoms with Crippen LogP contribution in [0.4, 0.5) is 0 Å². The Morgan fingerprint density at radius 2 is 1.87 bits per heavy atom. The van der Waals surface area contributed by atoms with E-state index < -0.39 is 0 Å². The van der Waals surface area contributed by atoms with Crippen LogP contribution < -0.4 is 0 Å². The SMILES string of the molecule is Cc1cn2c(C)cnc2cc1C(C)(C)C. The van der Waals surface area contributed by atoms with E-state index in [9.17, 15) is 0 Å². The van der Waals surface area contributed by atoms with Gasteiger partial charge in [-0.15, -0.1) is 0 Å². The van der Waals surface area contributed by atoms with Crippen LogP contribution in [-0.4, -0.2) is 9.38 Å². The number of aryl methyl sites for hydroxylation is 2. The molecule has 2 rings (SSSR count). The van der Waals surface area contributed by atoms with Crippen LogP contribution in [0.25, 0.3) is 5.65 Å². The molecule has 0 spiro atoms. The number of nitrogens with zero attached hydrogens (tertiary/aromatic N) is 2. The number of hydrogen-bond donors (Lipinski definition) is 0. The van der Waals surface area contributed by atoms with E-state index in [4.69, 9.17) is 0 Å². The molecule has 80 valence electrons. The monoisotopic (exact) mass is 202 g/mol. The summed E-state index contributed by atoms with van der Waals surface area (Å²) in [4.78, 5) is 4.40. The summed E-state index contributed by atoms with van der Waals surface area (Å²) < 4.78 is 2.14. The van der Waals surface area contributed by atoms with Gasteiger partial charge in [0.25, 0.3) is 0 Å². The van der Waals surface area contributed by atoms with Crippen molar-refractivity contribution in [3.05, 3.63) is 35.3 Å². The molecule has 0 atom stereocenters. The van der Waals surface area contributed by atoms with E-state index in [0.717, 1.165) is 5.65 Å². The molecular formula is C13H18N2. The first-order valence-corrected chi connectivity index (χ1v) is 5.34. The summed E-state index contributed by atoms with van der Waals surface area (Å²) in [6, 6.07) is 2.20. The van der Waals surface area contributed by atoms with Crippen molar-refractivity contribution in [2.75, 3.05) is 0 Å². The lowest BCUT2D eigenvalue weighted by Gasteiger charge is -2.21. The predicted octanol–water partition coefficient (Wildman–Crippen LogP) is 3.25. The zero-order valence-electron chi connectivity index (χ0n) is 10.1. The fraction of sp³-hybridized carbons (Fsp3) is 0.462. The topological polar surface area (TPSA) is 17.3 Å². The van der Waals surface area contributed by atoms with E-state index in [0.29, 0.717) is 0 Å². The first kappa shape index (κ1) is 10.2.